The van der Waals surface area contributed by atoms with Crippen molar-refractivity contribution in [3.63, 3.8) is 0 Å². The monoisotopic (exact) mass is 270 g/mol. The summed E-state index contributed by atoms with van der Waals surface area (Å²) in [6.07, 6.45) is 0. The van der Waals surface area contributed by atoms with Gasteiger partial charge >= 0.3 is 5.97 Å². The first kappa shape index (κ1) is 11.7. The van der Waals surface area contributed by atoms with E-state index in [9.17, 15) is 4.79 Å². The van der Waals surface area contributed by atoms with Crippen molar-refractivity contribution in [1.29, 1.82) is 0 Å². The van der Waals surface area contributed by atoms with Crippen LogP contribution in [0.25, 0.3) is 0 Å². The molecule has 0 saturated carbocycles. The molecule has 0 spiro atoms. The maximum Gasteiger partial charge on any atom is 0.335 e. The maximum absolute atomic E-state index is 10.8. The number of hydrogen-bond donors (Lipinski definition) is 2. The van der Waals surface area contributed by atoms with E-state index >= 15 is 0 Å². The van der Waals surface area contributed by atoms with Crippen molar-refractivity contribution in [3.8, 4) is 0 Å². The Balaban J connectivity index is 2.29. The van der Waals surface area contributed by atoms with Gasteiger partial charge in [-0.3, -0.25) is 0 Å². The van der Waals surface area contributed by atoms with Crippen molar-refractivity contribution in [3.05, 3.63) is 28.7 Å². The third-order valence-corrected chi connectivity index (χ3v) is 2.72. The van der Waals surface area contributed by atoms with Crippen LogP contribution in [0, 0.1) is 6.92 Å². The van der Waals surface area contributed by atoms with Crippen LogP contribution in [0.4, 0.5) is 10.9 Å². The molecule has 0 bridgehead atoms. The van der Waals surface area contributed by atoms with Gasteiger partial charge in [-0.1, -0.05) is 11.6 Å². The summed E-state index contributed by atoms with van der Waals surface area (Å²) in [5.41, 5.74) is 0.0636. The molecule has 0 aliphatic rings. The first-order valence-corrected chi connectivity index (χ1v) is 5.68. The Morgan fingerprint density at radius 1 is 1.47 bits per heavy atom. The fourth-order valence-electron chi connectivity index (χ4n) is 1.14. The number of nitrogens with one attached hydrogen (secondary N) is 1. The van der Waals surface area contributed by atoms with Gasteiger partial charge in [-0.15, -0.1) is 0 Å². The van der Waals surface area contributed by atoms with E-state index in [1.165, 1.54) is 12.1 Å². The molecule has 0 amide bonds. The molecule has 2 heterocycles. The lowest BCUT2D eigenvalue weighted by molar-refractivity contribution is 0.0697. The Morgan fingerprint density at radius 2 is 2.24 bits per heavy atom. The molecule has 2 aromatic rings. The van der Waals surface area contributed by atoms with E-state index in [1.54, 1.807) is 6.92 Å². The minimum Gasteiger partial charge on any atom is -0.478 e. The Hall–Kier alpha value is -1.73. The molecule has 0 atom stereocenters. The quantitative estimate of drug-likeness (QED) is 0.832. The fourth-order valence-corrected chi connectivity index (χ4v) is 1.93. The van der Waals surface area contributed by atoms with E-state index in [0.717, 1.165) is 11.5 Å². The highest BCUT2D eigenvalue weighted by Gasteiger charge is 2.09. The predicted molar refractivity (Wildman–Crippen MR) is 64.1 cm³/mol. The number of hydrogen-bond acceptors (Lipinski definition) is 6. The van der Waals surface area contributed by atoms with Gasteiger partial charge in [-0.25, -0.2) is 14.8 Å². The van der Waals surface area contributed by atoms with Crippen molar-refractivity contribution < 1.29 is 9.90 Å². The highest BCUT2D eigenvalue weighted by Crippen LogP contribution is 2.20. The van der Waals surface area contributed by atoms with E-state index in [-0.39, 0.29) is 10.7 Å². The zero-order valence-corrected chi connectivity index (χ0v) is 10.2. The lowest BCUT2D eigenvalue weighted by atomic mass is 10.2. The van der Waals surface area contributed by atoms with Crippen molar-refractivity contribution >= 4 is 40.1 Å². The summed E-state index contributed by atoms with van der Waals surface area (Å²) >= 11 is 6.88. The number of carbonyl (C=O) groups is 1. The SMILES string of the molecule is Cc1nsc(Nc2cc(C(=O)O)cc(Cl)n2)n1. The Morgan fingerprint density at radius 3 is 2.82 bits per heavy atom. The van der Waals surface area contributed by atoms with Crippen molar-refractivity contribution in [2.75, 3.05) is 5.32 Å². The molecule has 2 aromatic heterocycles. The summed E-state index contributed by atoms with van der Waals surface area (Å²) in [7, 11) is 0. The number of anilines is 2. The number of pyridine rings is 1. The van der Waals surface area contributed by atoms with Crippen LogP contribution in [0.2, 0.25) is 5.15 Å². The van der Waals surface area contributed by atoms with E-state index in [0.29, 0.717) is 16.8 Å². The number of nitrogens with zero attached hydrogens (tertiary/aromatic N) is 3. The van der Waals surface area contributed by atoms with Crippen LogP contribution in [0.1, 0.15) is 16.2 Å². The van der Waals surface area contributed by atoms with Crippen LogP contribution in [0.5, 0.6) is 0 Å². The lowest BCUT2D eigenvalue weighted by Gasteiger charge is -2.03. The van der Waals surface area contributed by atoms with Crippen LogP contribution in [-0.2, 0) is 0 Å². The number of rotatable bonds is 3. The largest absolute Gasteiger partial charge is 0.478 e. The predicted octanol–water partition coefficient (Wildman–Crippen LogP) is 2.34. The zero-order chi connectivity index (χ0) is 12.4. The van der Waals surface area contributed by atoms with Gasteiger partial charge in [0, 0.05) is 11.5 Å². The van der Waals surface area contributed by atoms with Crippen LogP contribution < -0.4 is 5.32 Å². The zero-order valence-electron chi connectivity index (χ0n) is 8.64. The molecule has 88 valence electrons. The van der Waals surface area contributed by atoms with Crippen LogP contribution in [0.15, 0.2) is 12.1 Å². The first-order valence-electron chi connectivity index (χ1n) is 4.53. The molecule has 17 heavy (non-hydrogen) atoms. The highest BCUT2D eigenvalue weighted by molar-refractivity contribution is 7.09. The minimum atomic E-state index is -1.06. The highest BCUT2D eigenvalue weighted by atomic mass is 35.5. The summed E-state index contributed by atoms with van der Waals surface area (Å²) in [5.74, 6) is -0.102. The second kappa shape index (κ2) is 4.64. The molecular formula is C9H7ClN4O2S. The third-order valence-electron chi connectivity index (χ3n) is 1.80. The standard InChI is InChI=1S/C9H7ClN4O2S/c1-4-11-9(17-14-4)13-7-3-5(8(15)16)2-6(10)12-7/h2-3H,1H3,(H,15,16)(H,11,12,13,14). The van der Waals surface area contributed by atoms with E-state index in [1.807, 2.05) is 0 Å². The third kappa shape index (κ3) is 2.89. The van der Waals surface area contributed by atoms with Crippen LogP contribution in [-0.4, -0.2) is 25.4 Å². The smallest absolute Gasteiger partial charge is 0.335 e. The minimum absolute atomic E-state index is 0.0636. The number of aromatic carboxylic acids is 1. The molecule has 2 N–H and O–H groups in total. The second-order valence-electron chi connectivity index (χ2n) is 3.14. The normalized spacial score (nSPS) is 10.2. The van der Waals surface area contributed by atoms with Gasteiger partial charge < -0.3 is 10.4 Å². The van der Waals surface area contributed by atoms with Gasteiger partial charge in [-0.2, -0.15) is 4.37 Å². The molecule has 0 unspecified atom stereocenters. The lowest BCUT2D eigenvalue weighted by Crippen LogP contribution is -2.00. The van der Waals surface area contributed by atoms with Gasteiger partial charge in [0.25, 0.3) is 0 Å². The van der Waals surface area contributed by atoms with Crippen molar-refractivity contribution in [2.24, 2.45) is 0 Å². The summed E-state index contributed by atoms with van der Waals surface area (Å²) in [5, 5.41) is 12.4. The number of carboxylic acids is 1. The van der Waals surface area contributed by atoms with Crippen molar-refractivity contribution in [1.82, 2.24) is 14.3 Å². The van der Waals surface area contributed by atoms with Crippen LogP contribution >= 0.6 is 23.1 Å². The first-order chi connectivity index (χ1) is 8.04. The van der Waals surface area contributed by atoms with Gasteiger partial charge in [0.15, 0.2) is 0 Å². The molecule has 0 aliphatic carbocycles. The molecular weight excluding hydrogens is 264 g/mol. The average Bonchev–Trinajstić information content (AvgIpc) is 2.63. The van der Waals surface area contributed by atoms with Gasteiger partial charge in [0.05, 0.1) is 5.56 Å². The molecule has 0 fully saturated rings. The van der Waals surface area contributed by atoms with Crippen LogP contribution in [0.3, 0.4) is 0 Å². The molecule has 2 rings (SSSR count). The summed E-state index contributed by atoms with van der Waals surface area (Å²) < 4.78 is 3.98. The summed E-state index contributed by atoms with van der Waals surface area (Å²) in [4.78, 5) is 18.8. The topological polar surface area (TPSA) is 88.0 Å². The number of halogens is 1. The number of aryl methyl sites for hydroxylation is 1. The average molecular weight is 271 g/mol. The Bertz CT molecular complexity index is 572. The fraction of sp³-hybridized carbons (Fsp3) is 0.111. The van der Waals surface area contributed by atoms with Gasteiger partial charge in [-0.05, 0) is 19.1 Å². The Labute approximate surface area is 105 Å². The van der Waals surface area contributed by atoms with E-state index < -0.39 is 5.97 Å². The molecule has 0 radical (unpaired) electrons. The second-order valence-corrected chi connectivity index (χ2v) is 4.28. The summed E-state index contributed by atoms with van der Waals surface area (Å²) in [6.45, 7) is 1.76. The molecule has 0 aliphatic heterocycles. The maximum atomic E-state index is 10.8. The molecule has 0 aromatic carbocycles. The molecule has 0 saturated heterocycles. The van der Waals surface area contributed by atoms with E-state index in [2.05, 4.69) is 19.7 Å². The van der Waals surface area contributed by atoms with Gasteiger partial charge in [0.2, 0.25) is 5.13 Å². The van der Waals surface area contributed by atoms with Gasteiger partial charge in [0.1, 0.15) is 16.8 Å². The Kier molecular flexibility index (Phi) is 3.21. The number of carboxylic acid groups (broad SMARTS) is 1. The molecule has 6 nitrogen and oxygen atoms in total. The van der Waals surface area contributed by atoms with E-state index in [4.69, 9.17) is 16.7 Å². The van der Waals surface area contributed by atoms with Crippen molar-refractivity contribution in [2.45, 2.75) is 6.92 Å². The number of aromatic nitrogens is 3. The molecule has 8 heteroatoms. The summed E-state index contributed by atoms with van der Waals surface area (Å²) in [6, 6.07) is 2.66.